The Morgan fingerprint density at radius 2 is 1.69 bits per heavy atom. The molecule has 4 aliphatic carbocycles. The molecule has 0 aromatic carbocycles. The lowest BCUT2D eigenvalue weighted by Crippen LogP contribution is -2.60. The van der Waals surface area contributed by atoms with Crippen molar-refractivity contribution in [1.29, 1.82) is 0 Å². The van der Waals surface area contributed by atoms with E-state index in [9.17, 15) is 46.0 Å². The first kappa shape index (κ1) is 39.2. The van der Waals surface area contributed by atoms with E-state index in [2.05, 4.69) is 33.4 Å². The molecule has 0 radical (unpaired) electrons. The molecule has 7 rings (SSSR count). The minimum atomic E-state index is -1.53. The molecule has 7 aliphatic rings. The van der Waals surface area contributed by atoms with E-state index in [1.54, 1.807) is 0 Å². The van der Waals surface area contributed by atoms with Gasteiger partial charge in [-0.05, 0) is 67.6 Å². The summed E-state index contributed by atoms with van der Waals surface area (Å²) in [6.07, 6.45) is -5.64. The Morgan fingerprint density at radius 1 is 0.962 bits per heavy atom. The van der Waals surface area contributed by atoms with Gasteiger partial charge in [0, 0.05) is 24.2 Å². The van der Waals surface area contributed by atoms with Crippen LogP contribution < -0.4 is 0 Å². The first-order valence-corrected chi connectivity index (χ1v) is 19.2. The van der Waals surface area contributed by atoms with Crippen LogP contribution in [0, 0.1) is 40.4 Å². The fraction of sp³-hybridized carbons (Fsp3) is 0.895. The van der Waals surface area contributed by atoms with Gasteiger partial charge in [-0.3, -0.25) is 0 Å². The third kappa shape index (κ3) is 6.36. The fourth-order valence-corrected chi connectivity index (χ4v) is 11.7. The molecule has 52 heavy (non-hydrogen) atoms. The normalized spacial score (nSPS) is 54.5. The summed E-state index contributed by atoms with van der Waals surface area (Å²) >= 11 is 0. The molecule has 9 N–H and O–H groups in total. The molecule has 0 spiro atoms. The van der Waals surface area contributed by atoms with E-state index in [1.807, 2.05) is 0 Å². The van der Waals surface area contributed by atoms with E-state index >= 15 is 0 Å². The van der Waals surface area contributed by atoms with Gasteiger partial charge in [-0.1, -0.05) is 44.6 Å². The van der Waals surface area contributed by atoms with E-state index in [1.165, 1.54) is 5.57 Å². The van der Waals surface area contributed by atoms with Gasteiger partial charge < -0.3 is 69.6 Å². The SMILES string of the molecule is C=C(CCC1(O)OC2CC3C4CC=C5C[C@@H](O)C[C@@H](O[C@@H]6OC[C@H](O)[C@@H](O)[C@H]6O)[C@]5(C)C4CC[C@]3(C)C2[C@@H]1C)CO[C@@H]1O[C@H](CO)[C@@H](O)[C@@H](O)[C@H]1O. The molecule has 296 valence electrons. The second-order valence-electron chi connectivity index (χ2n) is 17.4. The molecule has 6 fully saturated rings. The zero-order valence-corrected chi connectivity index (χ0v) is 30.4. The molecule has 0 aromatic rings. The predicted molar refractivity (Wildman–Crippen MR) is 182 cm³/mol. The van der Waals surface area contributed by atoms with E-state index in [0.717, 1.165) is 25.7 Å². The van der Waals surface area contributed by atoms with Crippen LogP contribution in [0.3, 0.4) is 0 Å². The quantitative estimate of drug-likeness (QED) is 0.140. The Hall–Kier alpha value is -1.08. The van der Waals surface area contributed by atoms with Crippen molar-refractivity contribution in [2.45, 2.75) is 152 Å². The van der Waals surface area contributed by atoms with Crippen LogP contribution in [0.2, 0.25) is 0 Å². The molecular weight excluding hydrogens is 680 g/mol. The highest BCUT2D eigenvalue weighted by atomic mass is 16.7. The van der Waals surface area contributed by atoms with Crippen molar-refractivity contribution in [3.05, 3.63) is 23.8 Å². The van der Waals surface area contributed by atoms with Crippen molar-refractivity contribution in [3.8, 4) is 0 Å². The largest absolute Gasteiger partial charge is 0.394 e. The number of aliphatic hydroxyl groups is 9. The predicted octanol–water partition coefficient (Wildman–Crippen LogP) is -0.153. The number of ether oxygens (including phenoxy) is 5. The number of rotatable bonds is 9. The highest BCUT2D eigenvalue weighted by Crippen LogP contribution is 2.70. The molecule has 20 atom stereocenters. The summed E-state index contributed by atoms with van der Waals surface area (Å²) in [5, 5.41) is 93.7. The Kier molecular flexibility index (Phi) is 10.9. The summed E-state index contributed by atoms with van der Waals surface area (Å²) < 4.78 is 29.8. The van der Waals surface area contributed by atoms with Crippen molar-refractivity contribution in [3.63, 3.8) is 0 Å². The first-order chi connectivity index (χ1) is 24.5. The molecule has 0 amide bonds. The molecule has 3 saturated heterocycles. The number of hydrogen-bond donors (Lipinski definition) is 9. The van der Waals surface area contributed by atoms with Crippen LogP contribution in [0.15, 0.2) is 23.8 Å². The third-order valence-electron chi connectivity index (χ3n) is 14.7. The van der Waals surface area contributed by atoms with Crippen molar-refractivity contribution < 1.29 is 69.6 Å². The topological polar surface area (TPSA) is 228 Å². The van der Waals surface area contributed by atoms with Crippen LogP contribution in [-0.4, -0.2) is 145 Å². The van der Waals surface area contributed by atoms with Crippen LogP contribution in [-0.2, 0) is 23.7 Å². The minimum Gasteiger partial charge on any atom is -0.394 e. The van der Waals surface area contributed by atoms with Crippen LogP contribution in [0.4, 0.5) is 0 Å². The first-order valence-electron chi connectivity index (χ1n) is 19.2. The maximum absolute atomic E-state index is 11.9. The van der Waals surface area contributed by atoms with E-state index < -0.39 is 85.3 Å². The minimum absolute atomic E-state index is 0.0206. The van der Waals surface area contributed by atoms with Crippen LogP contribution >= 0.6 is 0 Å². The van der Waals surface area contributed by atoms with E-state index in [-0.39, 0.29) is 42.5 Å². The maximum atomic E-state index is 11.9. The molecule has 0 aromatic heterocycles. The van der Waals surface area contributed by atoms with E-state index in [0.29, 0.717) is 43.1 Å². The molecule has 3 saturated carbocycles. The number of hydrogen-bond acceptors (Lipinski definition) is 14. The molecule has 3 aliphatic heterocycles. The van der Waals surface area contributed by atoms with Gasteiger partial charge in [0.25, 0.3) is 0 Å². The maximum Gasteiger partial charge on any atom is 0.187 e. The Labute approximate surface area is 305 Å². The van der Waals surface area contributed by atoms with Crippen molar-refractivity contribution in [2.24, 2.45) is 40.4 Å². The lowest BCUT2D eigenvalue weighted by Gasteiger charge is -2.60. The second-order valence-corrected chi connectivity index (χ2v) is 17.4. The second kappa shape index (κ2) is 14.5. The van der Waals surface area contributed by atoms with Crippen molar-refractivity contribution >= 4 is 0 Å². The zero-order valence-electron chi connectivity index (χ0n) is 30.4. The van der Waals surface area contributed by atoms with Crippen LogP contribution in [0.25, 0.3) is 0 Å². The summed E-state index contributed by atoms with van der Waals surface area (Å²) in [5.74, 6) is -0.465. The lowest BCUT2D eigenvalue weighted by atomic mass is 9.46. The summed E-state index contributed by atoms with van der Waals surface area (Å²) in [4.78, 5) is 0. The Bertz CT molecular complexity index is 1340. The van der Waals surface area contributed by atoms with Crippen LogP contribution in [0.5, 0.6) is 0 Å². The smallest absolute Gasteiger partial charge is 0.187 e. The van der Waals surface area contributed by atoms with Crippen molar-refractivity contribution in [1.82, 2.24) is 0 Å². The standard InChI is InChI=1S/C38H60O14/c1-17(15-48-34-33(46)31(44)30(43)26(14-39)50-34)7-10-38(47)18(2)28-25(52-38)13-23-21-6-5-19-11-20(40)12-27(37(19,4)22(21)8-9-36(23,28)3)51-35-32(45)29(42)24(41)16-49-35/h5,18,20-35,39-47H,1,6-16H2,2-4H3/t18-,20+,21?,22?,23?,24-,25?,26+,27+,28?,29+,30+,31+,32+,33+,34+,35-,36-,37-,38?/m0/s1. The van der Waals surface area contributed by atoms with Gasteiger partial charge in [0.15, 0.2) is 18.4 Å². The highest BCUT2D eigenvalue weighted by molar-refractivity contribution is 5.28. The monoisotopic (exact) mass is 740 g/mol. The molecule has 0 bridgehead atoms. The molecule has 14 nitrogen and oxygen atoms in total. The fourth-order valence-electron chi connectivity index (χ4n) is 11.7. The molecule has 6 unspecified atom stereocenters. The van der Waals surface area contributed by atoms with Gasteiger partial charge in [-0.2, -0.15) is 0 Å². The molecule has 3 heterocycles. The summed E-state index contributed by atoms with van der Waals surface area (Å²) in [7, 11) is 0. The van der Waals surface area contributed by atoms with Gasteiger partial charge >= 0.3 is 0 Å². The van der Waals surface area contributed by atoms with Gasteiger partial charge in [0.2, 0.25) is 0 Å². The van der Waals surface area contributed by atoms with Gasteiger partial charge in [-0.15, -0.1) is 0 Å². The molecular formula is C38H60O14. The van der Waals surface area contributed by atoms with E-state index in [4.69, 9.17) is 23.7 Å². The Morgan fingerprint density at radius 3 is 2.42 bits per heavy atom. The Balaban J connectivity index is 1.00. The number of allylic oxidation sites excluding steroid dienone is 1. The number of aliphatic hydroxyl groups excluding tert-OH is 8. The molecule has 14 heteroatoms. The summed E-state index contributed by atoms with van der Waals surface area (Å²) in [6.45, 7) is 10.0. The zero-order chi connectivity index (χ0) is 37.5. The van der Waals surface area contributed by atoms with Gasteiger partial charge in [0.1, 0.15) is 42.7 Å². The average molecular weight is 741 g/mol. The number of fused-ring (bicyclic) bond motifs is 7. The van der Waals surface area contributed by atoms with Crippen LogP contribution in [0.1, 0.15) is 72.1 Å². The lowest BCUT2D eigenvalue weighted by molar-refractivity contribution is -0.300. The summed E-state index contributed by atoms with van der Waals surface area (Å²) in [5.41, 5.74) is 1.30. The van der Waals surface area contributed by atoms with Crippen molar-refractivity contribution in [2.75, 3.05) is 19.8 Å². The summed E-state index contributed by atoms with van der Waals surface area (Å²) in [6, 6.07) is 0. The third-order valence-corrected chi connectivity index (χ3v) is 14.7. The van der Waals surface area contributed by atoms with Gasteiger partial charge in [0.05, 0.1) is 38.1 Å². The average Bonchev–Trinajstić information content (AvgIpc) is 3.55. The van der Waals surface area contributed by atoms with Gasteiger partial charge in [-0.25, -0.2) is 0 Å². The highest BCUT2D eigenvalue weighted by Gasteiger charge is 2.68.